The predicted octanol–water partition coefficient (Wildman–Crippen LogP) is 3.74. The summed E-state index contributed by atoms with van der Waals surface area (Å²) in [5.74, 6) is -2.08. The fraction of sp³-hybridized carbons (Fsp3) is 0.273. The van der Waals surface area contributed by atoms with Crippen LogP contribution in [0.1, 0.15) is 18.7 Å². The summed E-state index contributed by atoms with van der Waals surface area (Å²) in [6, 6.07) is 7.68. The number of rotatable bonds is 7. The van der Waals surface area contributed by atoms with E-state index in [4.69, 9.17) is 0 Å². The summed E-state index contributed by atoms with van der Waals surface area (Å²) in [4.78, 5) is 22.5. The molecule has 1 saturated carbocycles. The fourth-order valence-corrected chi connectivity index (χ4v) is 4.59. The summed E-state index contributed by atoms with van der Waals surface area (Å²) in [6.07, 6.45) is -1.31. The van der Waals surface area contributed by atoms with Crippen molar-refractivity contribution in [1.29, 1.82) is 0 Å². The Morgan fingerprint density at radius 3 is 2.56 bits per heavy atom. The van der Waals surface area contributed by atoms with Crippen molar-refractivity contribution in [1.82, 2.24) is 24.7 Å². The van der Waals surface area contributed by atoms with Crippen molar-refractivity contribution < 1.29 is 26.4 Å². The number of sulfone groups is 1. The number of benzene rings is 1. The molecule has 1 fully saturated rings. The Morgan fingerprint density at radius 2 is 1.94 bits per heavy atom. The summed E-state index contributed by atoms with van der Waals surface area (Å²) in [6.45, 7) is 0. The Bertz CT molecular complexity index is 1600. The second-order valence-electron chi connectivity index (χ2n) is 8.51. The van der Waals surface area contributed by atoms with Crippen molar-refractivity contribution in [3.63, 3.8) is 0 Å². The summed E-state index contributed by atoms with van der Waals surface area (Å²) >= 11 is 0. The lowest BCUT2D eigenvalue weighted by atomic mass is 10.1. The number of aromatic amines is 1. The van der Waals surface area contributed by atoms with E-state index in [1.54, 1.807) is 30.1 Å². The molecule has 36 heavy (non-hydrogen) atoms. The van der Waals surface area contributed by atoms with E-state index in [1.165, 1.54) is 18.2 Å². The topological polar surface area (TPSA) is 135 Å². The third-order valence-corrected chi connectivity index (χ3v) is 6.78. The average Bonchev–Trinajstić information content (AvgIpc) is 3.17. The molecule has 0 saturated heterocycles. The Hall–Kier alpha value is -3.94. The Kier molecular flexibility index (Phi) is 5.70. The number of imidazole rings is 1. The highest BCUT2D eigenvalue weighted by Gasteiger charge is 2.43. The van der Waals surface area contributed by atoms with Gasteiger partial charge in [0, 0.05) is 31.1 Å². The summed E-state index contributed by atoms with van der Waals surface area (Å²) in [5.41, 5.74) is 1.32. The van der Waals surface area contributed by atoms with E-state index in [9.17, 15) is 26.4 Å². The van der Waals surface area contributed by atoms with Crippen LogP contribution in [0.5, 0.6) is 0 Å². The van der Waals surface area contributed by atoms with Crippen LogP contribution in [0.3, 0.4) is 0 Å². The van der Waals surface area contributed by atoms with Crippen molar-refractivity contribution >= 4 is 44.1 Å². The molecule has 5 rings (SSSR count). The van der Waals surface area contributed by atoms with E-state index in [-0.39, 0.29) is 39.7 Å². The molecule has 3 N–H and O–H groups in total. The lowest BCUT2D eigenvalue weighted by Crippen LogP contribution is -2.16. The molecule has 4 aromatic rings. The van der Waals surface area contributed by atoms with Crippen LogP contribution >= 0.6 is 0 Å². The first-order valence-corrected chi connectivity index (χ1v) is 12.6. The molecule has 10 nitrogen and oxygen atoms in total. The van der Waals surface area contributed by atoms with E-state index in [1.807, 2.05) is 0 Å². The number of halogens is 3. The highest BCUT2D eigenvalue weighted by molar-refractivity contribution is 7.90. The molecule has 1 aromatic carbocycles. The van der Waals surface area contributed by atoms with Crippen molar-refractivity contribution in [2.75, 3.05) is 16.9 Å². The summed E-state index contributed by atoms with van der Waals surface area (Å²) in [5, 5.41) is 9.69. The number of hydrogen-bond acceptors (Lipinski definition) is 7. The molecule has 0 unspecified atom stereocenters. The van der Waals surface area contributed by atoms with Gasteiger partial charge < -0.3 is 15.6 Å². The monoisotopic (exact) mass is 519 g/mol. The van der Waals surface area contributed by atoms with Crippen LogP contribution in [0.25, 0.3) is 22.4 Å². The largest absolute Gasteiger partial charge is 0.352 e. The van der Waals surface area contributed by atoms with Crippen LogP contribution < -0.4 is 10.6 Å². The fourth-order valence-electron chi connectivity index (χ4n) is 3.73. The number of pyridine rings is 1. The lowest BCUT2D eigenvalue weighted by molar-refractivity contribution is -0.117. The normalized spacial score (nSPS) is 17.5. The van der Waals surface area contributed by atoms with Gasteiger partial charge in [-0.3, -0.25) is 9.48 Å². The van der Waals surface area contributed by atoms with Crippen molar-refractivity contribution in [3.8, 4) is 11.3 Å². The van der Waals surface area contributed by atoms with Crippen molar-refractivity contribution in [3.05, 3.63) is 42.4 Å². The third-order valence-electron chi connectivity index (χ3n) is 5.64. The number of fused-ring (bicyclic) bond motifs is 1. The Labute approximate surface area is 202 Å². The lowest BCUT2D eigenvalue weighted by Gasteiger charge is -2.14. The van der Waals surface area contributed by atoms with E-state index >= 15 is 0 Å². The van der Waals surface area contributed by atoms with Gasteiger partial charge in [0.2, 0.25) is 5.91 Å². The highest BCUT2D eigenvalue weighted by atomic mass is 32.2. The third kappa shape index (κ3) is 4.63. The van der Waals surface area contributed by atoms with Crippen LogP contribution in [0, 0.1) is 5.92 Å². The predicted molar refractivity (Wildman–Crippen MR) is 126 cm³/mol. The van der Waals surface area contributed by atoms with Gasteiger partial charge in [0.15, 0.2) is 21.3 Å². The molecule has 1 aliphatic carbocycles. The van der Waals surface area contributed by atoms with Gasteiger partial charge in [0.25, 0.3) is 6.43 Å². The number of nitrogens with zero attached hydrogens (tertiary/aromatic N) is 4. The average molecular weight is 520 g/mol. The van der Waals surface area contributed by atoms with Gasteiger partial charge >= 0.3 is 0 Å². The first-order valence-electron chi connectivity index (χ1n) is 10.7. The van der Waals surface area contributed by atoms with E-state index < -0.39 is 40.1 Å². The zero-order valence-corrected chi connectivity index (χ0v) is 19.8. The molecule has 2 atom stereocenters. The van der Waals surface area contributed by atoms with Crippen LogP contribution in [-0.4, -0.2) is 51.5 Å². The molecule has 3 heterocycles. The number of alkyl halides is 3. The molecule has 1 amide bonds. The molecule has 0 bridgehead atoms. The van der Waals surface area contributed by atoms with Crippen LogP contribution in [0.4, 0.5) is 30.4 Å². The minimum atomic E-state index is -3.75. The number of carbonyl (C=O) groups excluding carboxylic acids is 1. The van der Waals surface area contributed by atoms with E-state index in [0.717, 1.165) is 6.26 Å². The van der Waals surface area contributed by atoms with Crippen molar-refractivity contribution in [2.45, 2.75) is 23.9 Å². The zero-order chi connectivity index (χ0) is 25.8. The molecule has 14 heteroatoms. The Balaban J connectivity index is 1.58. The van der Waals surface area contributed by atoms with E-state index in [0.29, 0.717) is 11.3 Å². The number of anilines is 3. The van der Waals surface area contributed by atoms with Crippen LogP contribution in [-0.2, 0) is 21.7 Å². The van der Waals surface area contributed by atoms with Gasteiger partial charge in [-0.15, -0.1) is 0 Å². The second kappa shape index (κ2) is 8.62. The molecule has 0 aliphatic heterocycles. The Morgan fingerprint density at radius 1 is 1.19 bits per heavy atom. The quantitative estimate of drug-likeness (QED) is 0.339. The first-order chi connectivity index (χ1) is 17.0. The minimum absolute atomic E-state index is 0.00587. The number of amides is 1. The standard InChI is InChI=1S/C22H20F3N7O3S/c1-32-6-5-13(31-32)10-3-4-14(16(7-10)36(2,34)35)26-15-9-17(28-22(33)11-8-12(11)23)27-20-18(15)29-21(30-20)19(24)25/h3-7,9,11-12,19H,8H2,1-2H3,(H3,26,27,28,29,30,33)/t11-,12-/m0/s1. The van der Waals surface area contributed by atoms with Crippen LogP contribution in [0.2, 0.25) is 0 Å². The van der Waals surface area contributed by atoms with Gasteiger partial charge in [-0.1, -0.05) is 6.07 Å². The van der Waals surface area contributed by atoms with Crippen LogP contribution in [0.15, 0.2) is 41.4 Å². The van der Waals surface area contributed by atoms with Gasteiger partial charge in [0.1, 0.15) is 17.5 Å². The molecular weight excluding hydrogens is 499 g/mol. The number of nitrogens with one attached hydrogen (secondary N) is 3. The SMILES string of the molecule is Cn1ccc(-c2ccc(Nc3cc(NC(=O)[C@H]4C[C@@H]4F)nc4[nH]c(C(F)F)nc34)c(S(C)(=O)=O)c2)n1. The maximum atomic E-state index is 13.3. The maximum absolute atomic E-state index is 13.3. The molecular formula is C22H20F3N7O3S. The molecule has 0 radical (unpaired) electrons. The maximum Gasteiger partial charge on any atom is 0.295 e. The number of aryl methyl sites for hydroxylation is 1. The zero-order valence-electron chi connectivity index (χ0n) is 19.0. The van der Waals surface area contributed by atoms with E-state index in [2.05, 4.69) is 30.7 Å². The van der Waals surface area contributed by atoms with Gasteiger partial charge in [-0.05, 0) is 24.6 Å². The van der Waals surface area contributed by atoms with Crippen molar-refractivity contribution in [2.24, 2.45) is 13.0 Å². The van der Waals surface area contributed by atoms with Gasteiger partial charge in [-0.25, -0.2) is 31.6 Å². The molecule has 1 aliphatic rings. The summed E-state index contributed by atoms with van der Waals surface area (Å²) < 4.78 is 66.8. The number of hydrogen-bond donors (Lipinski definition) is 3. The summed E-state index contributed by atoms with van der Waals surface area (Å²) in [7, 11) is -2.02. The number of carbonyl (C=O) groups is 1. The minimum Gasteiger partial charge on any atom is -0.352 e. The first kappa shape index (κ1) is 23.8. The van der Waals surface area contributed by atoms with Gasteiger partial charge in [-0.2, -0.15) is 5.10 Å². The second-order valence-corrected chi connectivity index (χ2v) is 10.5. The molecule has 3 aromatic heterocycles. The number of aromatic nitrogens is 5. The highest BCUT2D eigenvalue weighted by Crippen LogP contribution is 2.36. The molecule has 188 valence electrons. The molecule has 0 spiro atoms. The smallest absolute Gasteiger partial charge is 0.295 e. The number of H-pyrrole nitrogens is 1. The van der Waals surface area contributed by atoms with Gasteiger partial charge in [0.05, 0.1) is 27.9 Å².